The largest absolute Gasteiger partial charge is 0.386 e. The van der Waals surface area contributed by atoms with Crippen molar-refractivity contribution in [2.24, 2.45) is 0 Å². The maximum Gasteiger partial charge on any atom is 0.132 e. The quantitative estimate of drug-likeness (QED) is 0.895. The molecule has 0 aliphatic heterocycles. The highest BCUT2D eigenvalue weighted by molar-refractivity contribution is 6.30. The van der Waals surface area contributed by atoms with Crippen molar-refractivity contribution in [3.8, 4) is 0 Å². The topological polar surface area (TPSA) is 32.3 Å². The second kappa shape index (κ2) is 5.99. The smallest absolute Gasteiger partial charge is 0.132 e. The second-order valence-electron chi connectivity index (χ2n) is 4.04. The van der Waals surface area contributed by atoms with Crippen molar-refractivity contribution in [1.29, 1.82) is 0 Å². The lowest BCUT2D eigenvalue weighted by molar-refractivity contribution is 0.181. The van der Waals surface area contributed by atoms with Crippen molar-refractivity contribution in [3.05, 3.63) is 64.7 Å². The number of halogens is 3. The van der Waals surface area contributed by atoms with Gasteiger partial charge in [0.05, 0.1) is 5.56 Å². The molecule has 19 heavy (non-hydrogen) atoms. The van der Waals surface area contributed by atoms with E-state index in [4.69, 9.17) is 11.6 Å². The third-order valence-electron chi connectivity index (χ3n) is 2.66. The molecule has 0 aliphatic carbocycles. The molecule has 2 aromatic carbocycles. The molecule has 0 radical (unpaired) electrons. The van der Waals surface area contributed by atoms with Gasteiger partial charge in [0, 0.05) is 17.3 Å². The predicted octanol–water partition coefficient (Wildman–Crippen LogP) is 3.76. The van der Waals surface area contributed by atoms with E-state index < -0.39 is 17.7 Å². The van der Waals surface area contributed by atoms with Gasteiger partial charge in [-0.3, -0.25) is 0 Å². The number of rotatable bonds is 4. The molecule has 0 aliphatic rings. The minimum absolute atomic E-state index is 0.0157. The van der Waals surface area contributed by atoms with E-state index in [0.717, 1.165) is 12.1 Å². The van der Waals surface area contributed by atoms with Crippen molar-refractivity contribution in [2.75, 3.05) is 11.9 Å². The van der Waals surface area contributed by atoms with Crippen molar-refractivity contribution in [2.45, 2.75) is 6.10 Å². The number of nitrogens with one attached hydrogen (secondary N) is 1. The molecular formula is C14H12ClF2NO. The lowest BCUT2D eigenvalue weighted by atomic mass is 10.1. The van der Waals surface area contributed by atoms with Gasteiger partial charge in [0.2, 0.25) is 0 Å². The van der Waals surface area contributed by atoms with E-state index in [1.165, 1.54) is 6.07 Å². The molecule has 5 heteroatoms. The number of hydrogen-bond acceptors (Lipinski definition) is 2. The molecular weight excluding hydrogens is 272 g/mol. The molecule has 0 amide bonds. The predicted molar refractivity (Wildman–Crippen MR) is 71.3 cm³/mol. The van der Waals surface area contributed by atoms with Gasteiger partial charge < -0.3 is 10.4 Å². The van der Waals surface area contributed by atoms with Gasteiger partial charge in [0.15, 0.2) is 0 Å². The van der Waals surface area contributed by atoms with E-state index in [1.54, 1.807) is 24.3 Å². The van der Waals surface area contributed by atoms with Crippen molar-refractivity contribution in [1.82, 2.24) is 0 Å². The Balaban J connectivity index is 2.07. The van der Waals surface area contributed by atoms with Crippen LogP contribution in [0.25, 0.3) is 0 Å². The highest BCUT2D eigenvalue weighted by Gasteiger charge is 2.17. The molecule has 1 atom stereocenters. The number of benzene rings is 2. The second-order valence-corrected chi connectivity index (χ2v) is 4.48. The third-order valence-corrected chi connectivity index (χ3v) is 2.89. The standard InChI is InChI=1S/C14H12ClF2NO/c15-9-3-1-4-10(7-9)18-8-13(19)14-11(16)5-2-6-12(14)17/h1-7,13,18-19H,8H2. The van der Waals surface area contributed by atoms with Crippen LogP contribution in [0.4, 0.5) is 14.5 Å². The molecule has 2 aromatic rings. The molecule has 2 N–H and O–H groups in total. The van der Waals surface area contributed by atoms with Crippen molar-refractivity contribution < 1.29 is 13.9 Å². The molecule has 100 valence electrons. The fraction of sp³-hybridized carbons (Fsp3) is 0.143. The summed E-state index contributed by atoms with van der Waals surface area (Å²) >= 11 is 5.81. The Kier molecular flexibility index (Phi) is 4.35. The maximum absolute atomic E-state index is 13.4. The molecule has 0 spiro atoms. The molecule has 0 saturated carbocycles. The number of anilines is 1. The van der Waals surface area contributed by atoms with Crippen LogP contribution in [0.2, 0.25) is 5.02 Å². The van der Waals surface area contributed by atoms with Gasteiger partial charge in [-0.25, -0.2) is 8.78 Å². The van der Waals surface area contributed by atoms with Crippen LogP contribution in [0, 0.1) is 11.6 Å². The van der Waals surface area contributed by atoms with Gasteiger partial charge in [-0.05, 0) is 30.3 Å². The first-order chi connectivity index (χ1) is 9.08. The molecule has 1 unspecified atom stereocenters. The van der Waals surface area contributed by atoms with Crippen molar-refractivity contribution in [3.63, 3.8) is 0 Å². The highest BCUT2D eigenvalue weighted by Crippen LogP contribution is 2.22. The van der Waals surface area contributed by atoms with Crippen LogP contribution >= 0.6 is 11.6 Å². The minimum atomic E-state index is -1.28. The van der Waals surface area contributed by atoms with E-state index in [-0.39, 0.29) is 12.1 Å². The van der Waals surface area contributed by atoms with E-state index in [2.05, 4.69) is 5.32 Å². The molecule has 0 heterocycles. The van der Waals surface area contributed by atoms with Crippen LogP contribution in [0.5, 0.6) is 0 Å². The number of aliphatic hydroxyl groups excluding tert-OH is 1. The Morgan fingerprint density at radius 1 is 1.11 bits per heavy atom. The van der Waals surface area contributed by atoms with Gasteiger partial charge in [-0.2, -0.15) is 0 Å². The molecule has 2 nitrogen and oxygen atoms in total. The molecule has 0 bridgehead atoms. The molecule has 0 aromatic heterocycles. The SMILES string of the molecule is OC(CNc1cccc(Cl)c1)c1c(F)cccc1F. The molecule has 2 rings (SSSR count). The van der Waals surface area contributed by atoms with Gasteiger partial charge in [0.25, 0.3) is 0 Å². The monoisotopic (exact) mass is 283 g/mol. The van der Waals surface area contributed by atoms with Crippen molar-refractivity contribution >= 4 is 17.3 Å². The Bertz CT molecular complexity index is 557. The summed E-state index contributed by atoms with van der Waals surface area (Å²) in [5.74, 6) is -1.53. The van der Waals surface area contributed by atoms with E-state index in [0.29, 0.717) is 10.7 Å². The number of aliphatic hydroxyl groups is 1. The highest BCUT2D eigenvalue weighted by atomic mass is 35.5. The first-order valence-electron chi connectivity index (χ1n) is 5.69. The van der Waals surface area contributed by atoms with Crippen LogP contribution in [0.15, 0.2) is 42.5 Å². The molecule has 0 saturated heterocycles. The first-order valence-corrected chi connectivity index (χ1v) is 6.07. The summed E-state index contributed by atoms with van der Waals surface area (Å²) in [4.78, 5) is 0. The minimum Gasteiger partial charge on any atom is -0.386 e. The lowest BCUT2D eigenvalue weighted by Gasteiger charge is -2.14. The summed E-state index contributed by atoms with van der Waals surface area (Å²) in [5.41, 5.74) is 0.334. The van der Waals surface area contributed by atoms with E-state index in [9.17, 15) is 13.9 Å². The zero-order chi connectivity index (χ0) is 13.8. The summed E-state index contributed by atoms with van der Waals surface area (Å²) < 4.78 is 26.9. The van der Waals surface area contributed by atoms with Crippen LogP contribution in [-0.4, -0.2) is 11.7 Å². The van der Waals surface area contributed by atoms with Gasteiger partial charge in [0.1, 0.15) is 17.7 Å². The van der Waals surface area contributed by atoms with Crippen LogP contribution in [0.1, 0.15) is 11.7 Å². The first kappa shape index (κ1) is 13.8. The van der Waals surface area contributed by atoms with Crippen LogP contribution < -0.4 is 5.32 Å². The summed E-state index contributed by atoms with van der Waals surface area (Å²) in [7, 11) is 0. The molecule has 0 fully saturated rings. The van der Waals surface area contributed by atoms with Crippen LogP contribution in [-0.2, 0) is 0 Å². The average molecular weight is 284 g/mol. The van der Waals surface area contributed by atoms with Gasteiger partial charge in [-0.15, -0.1) is 0 Å². The normalized spacial score (nSPS) is 12.2. The van der Waals surface area contributed by atoms with E-state index in [1.807, 2.05) is 0 Å². The third kappa shape index (κ3) is 3.43. The van der Waals surface area contributed by atoms with Gasteiger partial charge >= 0.3 is 0 Å². The van der Waals surface area contributed by atoms with E-state index >= 15 is 0 Å². The Morgan fingerprint density at radius 2 is 1.74 bits per heavy atom. The summed E-state index contributed by atoms with van der Waals surface area (Å²) in [6.07, 6.45) is -1.28. The zero-order valence-corrected chi connectivity index (χ0v) is 10.7. The lowest BCUT2D eigenvalue weighted by Crippen LogP contribution is -2.15. The Morgan fingerprint density at radius 3 is 2.37 bits per heavy atom. The fourth-order valence-corrected chi connectivity index (χ4v) is 1.93. The maximum atomic E-state index is 13.4. The summed E-state index contributed by atoms with van der Waals surface area (Å²) in [6.45, 7) is -0.0157. The summed E-state index contributed by atoms with van der Waals surface area (Å²) in [5, 5.41) is 13.2. The van der Waals surface area contributed by atoms with Crippen LogP contribution in [0.3, 0.4) is 0 Å². The average Bonchev–Trinajstić information content (AvgIpc) is 2.36. The number of hydrogen-bond donors (Lipinski definition) is 2. The Labute approximate surface area is 114 Å². The Hall–Kier alpha value is -1.65. The van der Waals surface area contributed by atoms with Gasteiger partial charge in [-0.1, -0.05) is 23.7 Å². The summed E-state index contributed by atoms with van der Waals surface area (Å²) in [6, 6.07) is 10.3. The fourth-order valence-electron chi connectivity index (χ4n) is 1.74. The zero-order valence-electron chi connectivity index (χ0n) is 9.91.